The summed E-state index contributed by atoms with van der Waals surface area (Å²) in [6.07, 6.45) is 3.87. The molecule has 0 bridgehead atoms. The quantitative estimate of drug-likeness (QED) is 0.255. The molecule has 0 aliphatic carbocycles. The van der Waals surface area contributed by atoms with E-state index in [0.717, 1.165) is 12.3 Å². The van der Waals surface area contributed by atoms with Crippen LogP contribution < -0.4 is 10.6 Å². The molecule has 0 radical (unpaired) electrons. The lowest BCUT2D eigenvalue weighted by molar-refractivity contribution is 0.480. The van der Waals surface area contributed by atoms with Crippen LogP contribution in [0.4, 0.5) is 30.2 Å². The van der Waals surface area contributed by atoms with Crippen molar-refractivity contribution in [3.8, 4) is 6.07 Å². The number of fused-ring (bicyclic) bond motifs is 1. The molecular weight excluding hydrogens is 493 g/mol. The van der Waals surface area contributed by atoms with Crippen LogP contribution in [0, 0.1) is 28.9 Å². The lowest BCUT2D eigenvalue weighted by atomic mass is 10.0. The van der Waals surface area contributed by atoms with Crippen LogP contribution in [0.2, 0.25) is 5.02 Å². The van der Waals surface area contributed by atoms with Gasteiger partial charge in [-0.15, -0.1) is 0 Å². The Labute approximate surface area is 206 Å². The van der Waals surface area contributed by atoms with Crippen molar-refractivity contribution < 1.29 is 13.2 Å². The number of nitriles is 1. The number of anilines is 3. The van der Waals surface area contributed by atoms with E-state index in [4.69, 9.17) is 11.6 Å². The zero-order valence-electron chi connectivity index (χ0n) is 18.1. The second kappa shape index (κ2) is 9.52. The van der Waals surface area contributed by atoms with Gasteiger partial charge in [0.2, 0.25) is 5.95 Å². The fraction of sp³-hybridized carbons (Fsp3) is 0.0417. The number of benzene rings is 2. The van der Waals surface area contributed by atoms with E-state index in [-0.39, 0.29) is 22.0 Å². The Bertz CT molecular complexity index is 1620. The van der Waals surface area contributed by atoms with Crippen LogP contribution in [0.3, 0.4) is 0 Å². The summed E-state index contributed by atoms with van der Waals surface area (Å²) in [6, 6.07) is 11.7. The van der Waals surface area contributed by atoms with Crippen LogP contribution >= 0.6 is 11.6 Å². The van der Waals surface area contributed by atoms with Crippen LogP contribution in [-0.4, -0.2) is 25.4 Å². The summed E-state index contributed by atoms with van der Waals surface area (Å²) in [5.41, 5.74) is 2.03. The first-order valence-electron chi connectivity index (χ1n) is 10.4. The second-order valence-corrected chi connectivity index (χ2v) is 8.04. The molecule has 178 valence electrons. The molecule has 5 rings (SSSR count). The number of hydrogen-bond donors (Lipinski definition) is 3. The summed E-state index contributed by atoms with van der Waals surface area (Å²) in [6.45, 7) is 0. The molecule has 36 heavy (non-hydrogen) atoms. The Morgan fingerprint density at radius 1 is 0.972 bits per heavy atom. The van der Waals surface area contributed by atoms with Gasteiger partial charge < -0.3 is 10.6 Å². The number of rotatable bonds is 6. The molecule has 1 atom stereocenters. The average molecular weight is 507 g/mol. The molecule has 5 aromatic rings. The van der Waals surface area contributed by atoms with E-state index in [0.29, 0.717) is 27.8 Å². The smallest absolute Gasteiger partial charge is 0.249 e. The van der Waals surface area contributed by atoms with E-state index < -0.39 is 23.6 Å². The molecule has 0 amide bonds. The number of nitrogens with one attached hydrogen (secondary N) is 3. The van der Waals surface area contributed by atoms with Gasteiger partial charge in [-0.3, -0.25) is 4.98 Å². The summed E-state index contributed by atoms with van der Waals surface area (Å²) in [4.78, 5) is 7.63. The van der Waals surface area contributed by atoms with E-state index in [1.54, 1.807) is 30.3 Å². The molecule has 2 aromatic carbocycles. The first-order valence-corrected chi connectivity index (χ1v) is 10.8. The first-order chi connectivity index (χ1) is 17.4. The van der Waals surface area contributed by atoms with Crippen molar-refractivity contribution in [1.29, 1.82) is 5.26 Å². The number of H-pyrrole nitrogens is 1. The van der Waals surface area contributed by atoms with Crippen LogP contribution in [0.15, 0.2) is 61.1 Å². The van der Waals surface area contributed by atoms with Crippen molar-refractivity contribution in [2.75, 3.05) is 10.6 Å². The fourth-order valence-electron chi connectivity index (χ4n) is 3.73. The van der Waals surface area contributed by atoms with Crippen molar-refractivity contribution in [1.82, 2.24) is 25.4 Å². The number of aromatic nitrogens is 5. The van der Waals surface area contributed by atoms with Gasteiger partial charge in [-0.25, -0.2) is 13.8 Å². The highest BCUT2D eigenvalue weighted by Gasteiger charge is 2.22. The van der Waals surface area contributed by atoms with Crippen molar-refractivity contribution in [2.45, 2.75) is 6.04 Å². The molecule has 0 aliphatic heterocycles. The predicted molar refractivity (Wildman–Crippen MR) is 127 cm³/mol. The summed E-state index contributed by atoms with van der Waals surface area (Å²) in [7, 11) is 0. The molecule has 0 spiro atoms. The molecular formula is C24H14ClF3N8. The Hall–Kier alpha value is -4.69. The molecule has 12 heteroatoms. The molecule has 3 heterocycles. The van der Waals surface area contributed by atoms with Crippen molar-refractivity contribution >= 4 is 39.6 Å². The van der Waals surface area contributed by atoms with Gasteiger partial charge >= 0.3 is 0 Å². The van der Waals surface area contributed by atoms with Crippen molar-refractivity contribution in [2.24, 2.45) is 0 Å². The topological polar surface area (TPSA) is 115 Å². The molecule has 3 N–H and O–H groups in total. The van der Waals surface area contributed by atoms with Crippen molar-refractivity contribution in [3.63, 3.8) is 0 Å². The van der Waals surface area contributed by atoms with Gasteiger partial charge in [-0.2, -0.15) is 25.1 Å². The van der Waals surface area contributed by atoms with Gasteiger partial charge in [0.25, 0.3) is 0 Å². The van der Waals surface area contributed by atoms with Crippen LogP contribution in [0.1, 0.15) is 22.9 Å². The standard InChI is InChI=1S/C24H14ClF3N8/c25-17-6-13(33-23(20-11-32-36-35-20)15-3-1-2-4-18(15)26)5-16-21(12(8-29)9-30-22(16)17)34-14-7-19(27)24(28)31-10-14/h1-7,9-11,23,33H,(H,30,34)(H,32,35,36). The number of pyridine rings is 2. The zero-order valence-corrected chi connectivity index (χ0v) is 18.9. The van der Waals surface area contributed by atoms with Crippen LogP contribution in [0.25, 0.3) is 10.9 Å². The third kappa shape index (κ3) is 4.37. The predicted octanol–water partition coefficient (Wildman–Crippen LogP) is 5.64. The molecule has 0 saturated carbocycles. The highest BCUT2D eigenvalue weighted by atomic mass is 35.5. The van der Waals surface area contributed by atoms with Gasteiger partial charge in [0.15, 0.2) is 5.82 Å². The zero-order chi connectivity index (χ0) is 25.2. The first kappa shape index (κ1) is 23.1. The molecule has 0 saturated heterocycles. The minimum absolute atomic E-state index is 0.110. The van der Waals surface area contributed by atoms with E-state index in [2.05, 4.69) is 36.0 Å². The number of nitrogens with zero attached hydrogens (tertiary/aromatic N) is 5. The summed E-state index contributed by atoms with van der Waals surface area (Å²) in [5, 5.41) is 26.8. The van der Waals surface area contributed by atoms with Crippen LogP contribution in [0.5, 0.6) is 0 Å². The maximum Gasteiger partial charge on any atom is 0.249 e. The van der Waals surface area contributed by atoms with E-state index in [1.807, 2.05) is 6.07 Å². The summed E-state index contributed by atoms with van der Waals surface area (Å²) >= 11 is 6.52. The molecule has 1 unspecified atom stereocenters. The lowest BCUT2D eigenvalue weighted by Gasteiger charge is -2.20. The van der Waals surface area contributed by atoms with Gasteiger partial charge in [0.05, 0.1) is 39.9 Å². The summed E-state index contributed by atoms with van der Waals surface area (Å²) < 4.78 is 41.7. The molecule has 3 aromatic heterocycles. The minimum Gasteiger partial charge on any atom is -0.373 e. The third-order valence-electron chi connectivity index (χ3n) is 5.37. The number of aromatic amines is 1. The molecule has 8 nitrogen and oxygen atoms in total. The largest absolute Gasteiger partial charge is 0.373 e. The Kier molecular flexibility index (Phi) is 6.10. The van der Waals surface area contributed by atoms with E-state index in [9.17, 15) is 18.4 Å². The normalized spacial score (nSPS) is 11.8. The monoisotopic (exact) mass is 506 g/mol. The third-order valence-corrected chi connectivity index (χ3v) is 5.66. The lowest BCUT2D eigenvalue weighted by Crippen LogP contribution is -2.14. The maximum atomic E-state index is 14.7. The highest BCUT2D eigenvalue weighted by Crippen LogP contribution is 2.36. The Balaban J connectivity index is 1.63. The Morgan fingerprint density at radius 2 is 1.81 bits per heavy atom. The van der Waals surface area contributed by atoms with Gasteiger partial charge in [-0.1, -0.05) is 29.8 Å². The highest BCUT2D eigenvalue weighted by molar-refractivity contribution is 6.36. The van der Waals surface area contributed by atoms with E-state index in [1.165, 1.54) is 18.5 Å². The maximum absolute atomic E-state index is 14.7. The average Bonchev–Trinajstić information content (AvgIpc) is 3.40. The number of hydrogen-bond acceptors (Lipinski definition) is 7. The van der Waals surface area contributed by atoms with Crippen molar-refractivity contribution in [3.05, 3.63) is 100 Å². The minimum atomic E-state index is -1.25. The molecule has 0 fully saturated rings. The fourth-order valence-corrected chi connectivity index (χ4v) is 4.00. The molecule has 0 aliphatic rings. The number of halogens is 4. The van der Waals surface area contributed by atoms with Crippen LogP contribution in [-0.2, 0) is 0 Å². The summed E-state index contributed by atoms with van der Waals surface area (Å²) in [5.74, 6) is -2.86. The Morgan fingerprint density at radius 3 is 2.53 bits per heavy atom. The van der Waals surface area contributed by atoms with Gasteiger partial charge in [0, 0.05) is 28.9 Å². The second-order valence-electron chi connectivity index (χ2n) is 7.63. The van der Waals surface area contributed by atoms with E-state index >= 15 is 0 Å². The SMILES string of the molecule is N#Cc1cnc2c(Cl)cc(NC(c3cn[nH]n3)c3ccccc3F)cc2c1Nc1cnc(F)c(F)c1. The van der Waals surface area contributed by atoms with Gasteiger partial charge in [-0.05, 0) is 18.2 Å². The van der Waals surface area contributed by atoms with Gasteiger partial charge in [0.1, 0.15) is 23.6 Å².